The molecular formula is C10H18N2O. The lowest BCUT2D eigenvalue weighted by atomic mass is 9.98. The number of hydrogen-bond acceptors (Lipinski definition) is 3. The van der Waals surface area contributed by atoms with Gasteiger partial charge in [-0.3, -0.25) is 5.32 Å². The maximum Gasteiger partial charge on any atom is 0.107 e. The van der Waals surface area contributed by atoms with Gasteiger partial charge in [0.25, 0.3) is 0 Å². The Labute approximate surface area is 79.8 Å². The van der Waals surface area contributed by atoms with E-state index in [-0.39, 0.29) is 12.1 Å². The first kappa shape index (κ1) is 10.5. The molecule has 0 amide bonds. The molecule has 1 saturated carbocycles. The number of aliphatic hydroxyl groups excluding tert-OH is 1. The quantitative estimate of drug-likeness (QED) is 0.639. The summed E-state index contributed by atoms with van der Waals surface area (Å²) in [6.07, 6.45) is 3.78. The van der Waals surface area contributed by atoms with Gasteiger partial charge in [-0.1, -0.05) is 6.92 Å². The molecule has 0 saturated heterocycles. The Morgan fingerprint density at radius 2 is 2.46 bits per heavy atom. The van der Waals surface area contributed by atoms with Gasteiger partial charge in [-0.15, -0.1) is 0 Å². The zero-order valence-corrected chi connectivity index (χ0v) is 8.21. The number of nitrogens with one attached hydrogen (secondary N) is 1. The Bertz CT molecular complexity index is 200. The molecule has 2 unspecified atom stereocenters. The van der Waals surface area contributed by atoms with Crippen molar-refractivity contribution in [3.05, 3.63) is 0 Å². The third-order valence-corrected chi connectivity index (χ3v) is 2.77. The Balaban J connectivity index is 2.38. The van der Waals surface area contributed by atoms with Gasteiger partial charge >= 0.3 is 0 Å². The van der Waals surface area contributed by atoms with Crippen LogP contribution in [0, 0.1) is 17.2 Å². The molecule has 1 aliphatic carbocycles. The van der Waals surface area contributed by atoms with Crippen LogP contribution in [0.4, 0.5) is 0 Å². The minimum atomic E-state index is -0.297. The van der Waals surface area contributed by atoms with Crippen molar-refractivity contribution in [1.29, 1.82) is 5.26 Å². The van der Waals surface area contributed by atoms with E-state index in [2.05, 4.69) is 18.3 Å². The molecule has 3 nitrogen and oxygen atoms in total. The summed E-state index contributed by atoms with van der Waals surface area (Å²) in [6, 6.07) is 2.37. The molecule has 0 aliphatic heterocycles. The van der Waals surface area contributed by atoms with Gasteiger partial charge in [-0.2, -0.15) is 5.26 Å². The first-order chi connectivity index (χ1) is 6.22. The highest BCUT2D eigenvalue weighted by atomic mass is 16.3. The molecule has 0 bridgehead atoms. The van der Waals surface area contributed by atoms with Crippen LogP contribution < -0.4 is 5.32 Å². The summed E-state index contributed by atoms with van der Waals surface area (Å²) >= 11 is 0. The smallest absolute Gasteiger partial charge is 0.107 e. The first-order valence-corrected chi connectivity index (χ1v) is 4.99. The van der Waals surface area contributed by atoms with Gasteiger partial charge in [0.2, 0.25) is 0 Å². The molecule has 74 valence electrons. The van der Waals surface area contributed by atoms with E-state index in [1.54, 1.807) is 0 Å². The second kappa shape index (κ2) is 4.59. The molecule has 2 N–H and O–H groups in total. The van der Waals surface area contributed by atoms with E-state index in [1.807, 2.05) is 0 Å². The predicted molar refractivity (Wildman–Crippen MR) is 51.1 cm³/mol. The van der Waals surface area contributed by atoms with Crippen molar-refractivity contribution < 1.29 is 5.11 Å². The summed E-state index contributed by atoms with van der Waals surface area (Å²) in [6.45, 7) is 3.13. The second-order valence-electron chi connectivity index (χ2n) is 4.05. The molecule has 0 heterocycles. The average Bonchev–Trinajstić information content (AvgIpc) is 2.49. The molecule has 0 aromatic heterocycles. The lowest BCUT2D eigenvalue weighted by Crippen LogP contribution is -2.42. The highest BCUT2D eigenvalue weighted by Gasteiger charge is 2.36. The number of aliphatic hydroxyl groups is 1. The monoisotopic (exact) mass is 182 g/mol. The zero-order chi connectivity index (χ0) is 9.73. The lowest BCUT2D eigenvalue weighted by Gasteiger charge is -2.22. The van der Waals surface area contributed by atoms with Crippen molar-refractivity contribution in [3.63, 3.8) is 0 Å². The average molecular weight is 182 g/mol. The van der Waals surface area contributed by atoms with Crippen LogP contribution in [0.5, 0.6) is 0 Å². The van der Waals surface area contributed by atoms with Crippen LogP contribution >= 0.6 is 0 Å². The van der Waals surface area contributed by atoms with Gasteiger partial charge in [0.15, 0.2) is 0 Å². The SMILES string of the molecule is CC1CCC(C#N)(NCCCO)C1. The van der Waals surface area contributed by atoms with E-state index in [4.69, 9.17) is 10.4 Å². The fraction of sp³-hybridized carbons (Fsp3) is 0.900. The highest BCUT2D eigenvalue weighted by Crippen LogP contribution is 2.33. The number of hydrogen-bond donors (Lipinski definition) is 2. The second-order valence-corrected chi connectivity index (χ2v) is 4.05. The van der Waals surface area contributed by atoms with Gasteiger partial charge in [-0.25, -0.2) is 0 Å². The molecule has 1 aliphatic rings. The third-order valence-electron chi connectivity index (χ3n) is 2.77. The molecule has 0 aromatic rings. The van der Waals surface area contributed by atoms with Gasteiger partial charge in [0.1, 0.15) is 5.54 Å². The molecule has 0 aromatic carbocycles. The van der Waals surface area contributed by atoms with Crippen molar-refractivity contribution in [2.24, 2.45) is 5.92 Å². The van der Waals surface area contributed by atoms with E-state index in [0.29, 0.717) is 5.92 Å². The van der Waals surface area contributed by atoms with Crippen molar-refractivity contribution in [3.8, 4) is 6.07 Å². The Kier molecular flexibility index (Phi) is 3.71. The van der Waals surface area contributed by atoms with E-state index < -0.39 is 0 Å². The van der Waals surface area contributed by atoms with Crippen LogP contribution in [0.3, 0.4) is 0 Å². The summed E-state index contributed by atoms with van der Waals surface area (Å²) in [5.74, 6) is 0.654. The fourth-order valence-electron chi connectivity index (χ4n) is 2.00. The molecule has 2 atom stereocenters. The van der Waals surface area contributed by atoms with E-state index in [9.17, 15) is 0 Å². The maximum atomic E-state index is 9.06. The lowest BCUT2D eigenvalue weighted by molar-refractivity contribution is 0.277. The van der Waals surface area contributed by atoms with Crippen LogP contribution in [0.25, 0.3) is 0 Å². The van der Waals surface area contributed by atoms with E-state index >= 15 is 0 Å². The summed E-state index contributed by atoms with van der Waals surface area (Å²) < 4.78 is 0. The van der Waals surface area contributed by atoms with Crippen molar-refractivity contribution in [1.82, 2.24) is 5.32 Å². The number of nitrogens with zero attached hydrogens (tertiary/aromatic N) is 1. The van der Waals surface area contributed by atoms with Crippen molar-refractivity contribution >= 4 is 0 Å². The minimum Gasteiger partial charge on any atom is -0.396 e. The Morgan fingerprint density at radius 3 is 2.92 bits per heavy atom. The van der Waals surface area contributed by atoms with Gasteiger partial charge in [0, 0.05) is 6.61 Å². The van der Waals surface area contributed by atoms with Gasteiger partial charge in [-0.05, 0) is 38.1 Å². The zero-order valence-electron chi connectivity index (χ0n) is 8.21. The Morgan fingerprint density at radius 1 is 1.69 bits per heavy atom. The summed E-state index contributed by atoms with van der Waals surface area (Å²) in [5, 5.41) is 20.9. The first-order valence-electron chi connectivity index (χ1n) is 4.99. The minimum absolute atomic E-state index is 0.198. The summed E-state index contributed by atoms with van der Waals surface area (Å²) in [7, 11) is 0. The van der Waals surface area contributed by atoms with Crippen molar-refractivity contribution in [2.75, 3.05) is 13.2 Å². The van der Waals surface area contributed by atoms with Crippen molar-refractivity contribution in [2.45, 2.75) is 38.1 Å². The molecule has 1 rings (SSSR count). The standard InChI is InChI=1S/C10H18N2O/c1-9-3-4-10(7-9,8-11)12-5-2-6-13/h9,12-13H,2-7H2,1H3. The Hall–Kier alpha value is -0.590. The number of rotatable bonds is 4. The maximum absolute atomic E-state index is 9.06. The van der Waals surface area contributed by atoms with E-state index in [0.717, 1.165) is 32.2 Å². The molecule has 3 heteroatoms. The van der Waals surface area contributed by atoms with Gasteiger partial charge in [0.05, 0.1) is 6.07 Å². The number of nitriles is 1. The van der Waals surface area contributed by atoms with Crippen LogP contribution in [0.2, 0.25) is 0 Å². The van der Waals surface area contributed by atoms with Crippen LogP contribution in [-0.4, -0.2) is 23.8 Å². The topological polar surface area (TPSA) is 56.0 Å². The molecule has 1 fully saturated rings. The third kappa shape index (κ3) is 2.68. The molecule has 13 heavy (non-hydrogen) atoms. The van der Waals surface area contributed by atoms with Crippen LogP contribution in [-0.2, 0) is 0 Å². The molecule has 0 radical (unpaired) electrons. The van der Waals surface area contributed by atoms with Crippen LogP contribution in [0.15, 0.2) is 0 Å². The van der Waals surface area contributed by atoms with Gasteiger partial charge < -0.3 is 5.11 Å². The fourth-order valence-corrected chi connectivity index (χ4v) is 2.00. The molecular weight excluding hydrogens is 164 g/mol. The van der Waals surface area contributed by atoms with E-state index in [1.165, 1.54) is 0 Å². The summed E-state index contributed by atoms with van der Waals surface area (Å²) in [4.78, 5) is 0. The normalized spacial score (nSPS) is 33.2. The largest absolute Gasteiger partial charge is 0.396 e. The molecule has 0 spiro atoms. The predicted octanol–water partition coefficient (Wildman–Crippen LogP) is 1.04. The highest BCUT2D eigenvalue weighted by molar-refractivity contribution is 5.10. The van der Waals surface area contributed by atoms with Crippen LogP contribution in [0.1, 0.15) is 32.6 Å². The summed E-state index contributed by atoms with van der Waals surface area (Å²) in [5.41, 5.74) is -0.297.